The monoisotopic (exact) mass is 688 g/mol. The number of hydrogen-bond acceptors (Lipinski definition) is 4. The van der Waals surface area contributed by atoms with Crippen molar-refractivity contribution in [1.82, 2.24) is 15.0 Å². The highest BCUT2D eigenvalue weighted by molar-refractivity contribution is 6.05. The van der Waals surface area contributed by atoms with Crippen LogP contribution in [0.25, 0.3) is 89.4 Å². The Morgan fingerprint density at radius 1 is 0.296 bits per heavy atom. The lowest BCUT2D eigenvalue weighted by Gasteiger charge is -2.14. The molecule has 0 saturated heterocycles. The van der Waals surface area contributed by atoms with Crippen LogP contribution in [0.1, 0.15) is 5.56 Å². The first-order valence-electron chi connectivity index (χ1n) is 17.9. The Balaban J connectivity index is 1.09. The van der Waals surface area contributed by atoms with Gasteiger partial charge in [0.15, 0.2) is 17.5 Å². The van der Waals surface area contributed by atoms with Crippen LogP contribution in [-0.4, -0.2) is 15.0 Å². The molecule has 0 unspecified atom stereocenters. The minimum absolute atomic E-state index is 0.621. The predicted molar refractivity (Wildman–Crippen MR) is 220 cm³/mol. The standard InChI is InChI=1S/C50H32N4/c51-33-34-18-20-36(21-19-34)38-22-26-39(27-23-38)44-30-31-45(47-17-8-7-16-46(44)47)42-14-9-15-43(32-42)50-53-48(40-12-5-2-6-13-40)52-49(54-50)41-28-24-37(25-29-41)35-10-3-1-4-11-35/h1-32H. The van der Waals surface area contributed by atoms with Crippen molar-refractivity contribution in [3.8, 4) is 84.7 Å². The molecule has 4 nitrogen and oxygen atoms in total. The lowest BCUT2D eigenvalue weighted by Crippen LogP contribution is -2.00. The Morgan fingerprint density at radius 2 is 0.667 bits per heavy atom. The van der Waals surface area contributed by atoms with Gasteiger partial charge in [0.25, 0.3) is 0 Å². The van der Waals surface area contributed by atoms with Gasteiger partial charge in [-0.25, -0.2) is 15.0 Å². The van der Waals surface area contributed by atoms with Crippen LogP contribution in [0.5, 0.6) is 0 Å². The molecule has 0 spiro atoms. The lowest BCUT2D eigenvalue weighted by atomic mass is 9.91. The number of rotatable bonds is 7. The molecule has 9 rings (SSSR count). The zero-order valence-electron chi connectivity index (χ0n) is 29.3. The molecule has 0 aliphatic rings. The molecule has 0 radical (unpaired) electrons. The first kappa shape index (κ1) is 32.4. The average molecular weight is 689 g/mol. The Morgan fingerprint density at radius 3 is 1.22 bits per heavy atom. The molecule has 0 N–H and O–H groups in total. The maximum atomic E-state index is 9.18. The van der Waals surface area contributed by atoms with Crippen LogP contribution in [-0.2, 0) is 0 Å². The number of fused-ring (bicyclic) bond motifs is 1. The van der Waals surface area contributed by atoms with Gasteiger partial charge in [0.1, 0.15) is 0 Å². The van der Waals surface area contributed by atoms with Gasteiger partial charge in [-0.2, -0.15) is 5.26 Å². The zero-order valence-corrected chi connectivity index (χ0v) is 29.3. The molecule has 54 heavy (non-hydrogen) atoms. The second-order valence-corrected chi connectivity index (χ2v) is 13.2. The number of hydrogen-bond donors (Lipinski definition) is 0. The maximum Gasteiger partial charge on any atom is 0.164 e. The molecule has 0 aliphatic carbocycles. The molecule has 4 heteroatoms. The van der Waals surface area contributed by atoms with E-state index in [2.05, 4.69) is 140 Å². The van der Waals surface area contributed by atoms with Crippen LogP contribution in [0.3, 0.4) is 0 Å². The summed E-state index contributed by atoms with van der Waals surface area (Å²) in [7, 11) is 0. The fraction of sp³-hybridized carbons (Fsp3) is 0. The van der Waals surface area contributed by atoms with E-state index in [0.29, 0.717) is 23.0 Å². The first-order chi connectivity index (χ1) is 26.7. The van der Waals surface area contributed by atoms with Gasteiger partial charge in [-0.1, -0.05) is 176 Å². The van der Waals surface area contributed by atoms with Crippen molar-refractivity contribution >= 4 is 10.8 Å². The molecular weight excluding hydrogens is 657 g/mol. The third-order valence-electron chi connectivity index (χ3n) is 9.82. The molecule has 0 aliphatic heterocycles. The summed E-state index contributed by atoms with van der Waals surface area (Å²) in [6, 6.07) is 68.9. The molecular formula is C50H32N4. The Hall–Kier alpha value is -7.48. The third kappa shape index (κ3) is 6.43. The van der Waals surface area contributed by atoms with Gasteiger partial charge < -0.3 is 0 Å². The number of nitriles is 1. The Kier molecular flexibility index (Phi) is 8.57. The molecule has 0 fully saturated rings. The van der Waals surface area contributed by atoms with E-state index < -0.39 is 0 Å². The third-order valence-corrected chi connectivity index (χ3v) is 9.82. The SMILES string of the molecule is N#Cc1ccc(-c2ccc(-c3ccc(-c4cccc(-c5nc(-c6ccccc6)nc(-c6ccc(-c7ccccc7)cc6)n5)c4)c4ccccc34)cc2)cc1. The summed E-state index contributed by atoms with van der Waals surface area (Å²) >= 11 is 0. The molecule has 0 amide bonds. The van der Waals surface area contributed by atoms with E-state index >= 15 is 0 Å². The van der Waals surface area contributed by atoms with Gasteiger partial charge >= 0.3 is 0 Å². The van der Waals surface area contributed by atoms with Gasteiger partial charge in [0.2, 0.25) is 0 Å². The van der Waals surface area contributed by atoms with Crippen molar-refractivity contribution in [3.63, 3.8) is 0 Å². The average Bonchev–Trinajstić information content (AvgIpc) is 3.26. The second-order valence-electron chi connectivity index (χ2n) is 13.2. The predicted octanol–water partition coefficient (Wildman–Crippen LogP) is 12.6. The Labute approximate surface area is 314 Å². The largest absolute Gasteiger partial charge is 0.208 e. The fourth-order valence-corrected chi connectivity index (χ4v) is 7.00. The van der Waals surface area contributed by atoms with Crippen LogP contribution in [0.15, 0.2) is 194 Å². The quantitative estimate of drug-likeness (QED) is 0.167. The zero-order chi connectivity index (χ0) is 36.3. The molecule has 8 aromatic carbocycles. The van der Waals surface area contributed by atoms with E-state index in [4.69, 9.17) is 15.0 Å². The normalized spacial score (nSPS) is 10.9. The second kappa shape index (κ2) is 14.3. The van der Waals surface area contributed by atoms with Crippen molar-refractivity contribution in [2.24, 2.45) is 0 Å². The van der Waals surface area contributed by atoms with E-state index in [1.165, 1.54) is 21.9 Å². The van der Waals surface area contributed by atoms with Crippen molar-refractivity contribution in [3.05, 3.63) is 200 Å². The molecule has 252 valence electrons. The summed E-state index contributed by atoms with van der Waals surface area (Å²) in [5.41, 5.74) is 12.5. The summed E-state index contributed by atoms with van der Waals surface area (Å²) in [5.74, 6) is 1.88. The summed E-state index contributed by atoms with van der Waals surface area (Å²) in [6.07, 6.45) is 0. The number of benzene rings is 8. The van der Waals surface area contributed by atoms with Gasteiger partial charge in [-0.15, -0.1) is 0 Å². The lowest BCUT2D eigenvalue weighted by molar-refractivity contribution is 1.07. The molecule has 0 bridgehead atoms. The molecule has 0 saturated carbocycles. The summed E-state index contributed by atoms with van der Waals surface area (Å²) in [6.45, 7) is 0. The maximum absolute atomic E-state index is 9.18. The minimum atomic E-state index is 0.621. The van der Waals surface area contributed by atoms with Gasteiger partial charge in [0.05, 0.1) is 11.6 Å². The highest BCUT2D eigenvalue weighted by Crippen LogP contribution is 2.38. The van der Waals surface area contributed by atoms with E-state index in [1.54, 1.807) is 0 Å². The van der Waals surface area contributed by atoms with E-state index in [1.807, 2.05) is 60.7 Å². The van der Waals surface area contributed by atoms with Gasteiger partial charge in [0, 0.05) is 16.7 Å². The minimum Gasteiger partial charge on any atom is -0.208 e. The number of aromatic nitrogens is 3. The summed E-state index contributed by atoms with van der Waals surface area (Å²) in [5, 5.41) is 11.5. The molecule has 9 aromatic rings. The Bertz CT molecular complexity index is 2790. The summed E-state index contributed by atoms with van der Waals surface area (Å²) < 4.78 is 0. The van der Waals surface area contributed by atoms with E-state index in [0.717, 1.165) is 50.1 Å². The van der Waals surface area contributed by atoms with E-state index in [9.17, 15) is 5.26 Å². The highest BCUT2D eigenvalue weighted by Gasteiger charge is 2.15. The van der Waals surface area contributed by atoms with Gasteiger partial charge in [-0.05, 0) is 73.5 Å². The van der Waals surface area contributed by atoms with Crippen LogP contribution in [0.4, 0.5) is 0 Å². The summed E-state index contributed by atoms with van der Waals surface area (Å²) in [4.78, 5) is 15.0. The first-order valence-corrected chi connectivity index (χ1v) is 17.9. The van der Waals surface area contributed by atoms with Crippen molar-refractivity contribution in [2.75, 3.05) is 0 Å². The molecule has 1 aromatic heterocycles. The van der Waals surface area contributed by atoms with E-state index in [-0.39, 0.29) is 0 Å². The van der Waals surface area contributed by atoms with Crippen molar-refractivity contribution in [2.45, 2.75) is 0 Å². The van der Waals surface area contributed by atoms with Crippen molar-refractivity contribution in [1.29, 1.82) is 5.26 Å². The van der Waals surface area contributed by atoms with Crippen LogP contribution in [0, 0.1) is 11.3 Å². The molecule has 0 atom stereocenters. The smallest absolute Gasteiger partial charge is 0.164 e. The topological polar surface area (TPSA) is 62.5 Å². The van der Waals surface area contributed by atoms with Gasteiger partial charge in [-0.3, -0.25) is 0 Å². The van der Waals surface area contributed by atoms with Crippen LogP contribution < -0.4 is 0 Å². The fourth-order valence-electron chi connectivity index (χ4n) is 7.00. The highest BCUT2D eigenvalue weighted by atomic mass is 15.0. The van der Waals surface area contributed by atoms with Crippen molar-refractivity contribution < 1.29 is 0 Å². The molecule has 1 heterocycles. The van der Waals surface area contributed by atoms with Crippen LogP contribution in [0.2, 0.25) is 0 Å². The number of nitrogens with zero attached hydrogens (tertiary/aromatic N) is 4. The van der Waals surface area contributed by atoms with Crippen LogP contribution >= 0.6 is 0 Å².